The van der Waals surface area contributed by atoms with Crippen LogP contribution < -0.4 is 16.0 Å². The number of halogens is 1. The zero-order valence-electron chi connectivity index (χ0n) is 11.1. The standard InChI is InChI=1S/C13H15FN4O2S/c14-12-4-2-1-3-10(12)7-8-17-21(19,20)11-5-6-13(18-15)16-9-11/h1-6,9,17H,7-8,15H2,(H,16,18). The van der Waals surface area contributed by atoms with E-state index in [1.54, 1.807) is 18.2 Å². The number of benzene rings is 1. The molecule has 0 bridgehead atoms. The lowest BCUT2D eigenvalue weighted by Crippen LogP contribution is -2.26. The van der Waals surface area contributed by atoms with Crippen LogP contribution in [0, 0.1) is 5.82 Å². The average molecular weight is 310 g/mol. The number of nitrogens with zero attached hydrogens (tertiary/aromatic N) is 1. The number of pyridine rings is 1. The molecule has 6 nitrogen and oxygen atoms in total. The van der Waals surface area contributed by atoms with Gasteiger partial charge in [0, 0.05) is 12.7 Å². The van der Waals surface area contributed by atoms with Gasteiger partial charge in [-0.2, -0.15) is 0 Å². The molecule has 4 N–H and O–H groups in total. The van der Waals surface area contributed by atoms with Crippen LogP contribution in [0.5, 0.6) is 0 Å². The molecule has 0 unspecified atom stereocenters. The van der Waals surface area contributed by atoms with E-state index in [0.717, 1.165) is 0 Å². The summed E-state index contributed by atoms with van der Waals surface area (Å²) in [6.07, 6.45) is 1.46. The third kappa shape index (κ3) is 3.97. The van der Waals surface area contributed by atoms with Crippen LogP contribution in [0.15, 0.2) is 47.5 Å². The highest BCUT2D eigenvalue weighted by Crippen LogP contribution is 2.10. The van der Waals surface area contributed by atoms with Gasteiger partial charge in [0.15, 0.2) is 0 Å². The summed E-state index contributed by atoms with van der Waals surface area (Å²) in [5.74, 6) is 5.17. The normalized spacial score (nSPS) is 11.3. The summed E-state index contributed by atoms with van der Waals surface area (Å²) in [4.78, 5) is 3.85. The lowest BCUT2D eigenvalue weighted by atomic mass is 10.1. The summed E-state index contributed by atoms with van der Waals surface area (Å²) < 4.78 is 39.8. The molecule has 0 aliphatic rings. The molecular weight excluding hydrogens is 295 g/mol. The Morgan fingerprint density at radius 2 is 1.95 bits per heavy atom. The summed E-state index contributed by atoms with van der Waals surface area (Å²) in [5.41, 5.74) is 2.77. The summed E-state index contributed by atoms with van der Waals surface area (Å²) >= 11 is 0. The Bertz CT molecular complexity index is 704. The van der Waals surface area contributed by atoms with E-state index in [1.165, 1.54) is 24.4 Å². The monoisotopic (exact) mass is 310 g/mol. The van der Waals surface area contributed by atoms with Gasteiger partial charge in [0.1, 0.15) is 16.5 Å². The third-order valence-corrected chi connectivity index (χ3v) is 4.29. The van der Waals surface area contributed by atoms with E-state index in [0.29, 0.717) is 11.4 Å². The Kier molecular flexibility index (Phi) is 4.84. The second-order valence-electron chi connectivity index (χ2n) is 4.26. The molecule has 1 heterocycles. The lowest BCUT2D eigenvalue weighted by molar-refractivity contribution is 0.577. The first kappa shape index (κ1) is 15.4. The van der Waals surface area contributed by atoms with Crippen molar-refractivity contribution in [2.24, 2.45) is 5.84 Å². The molecule has 0 aliphatic carbocycles. The fourth-order valence-corrected chi connectivity index (χ4v) is 2.71. The maximum atomic E-state index is 13.4. The highest BCUT2D eigenvalue weighted by Gasteiger charge is 2.14. The second-order valence-corrected chi connectivity index (χ2v) is 6.03. The fraction of sp³-hybridized carbons (Fsp3) is 0.154. The van der Waals surface area contributed by atoms with Gasteiger partial charge in [0.25, 0.3) is 0 Å². The number of sulfonamides is 1. The maximum absolute atomic E-state index is 13.4. The molecule has 8 heteroatoms. The maximum Gasteiger partial charge on any atom is 0.242 e. The Labute approximate surface area is 122 Å². The molecule has 21 heavy (non-hydrogen) atoms. The van der Waals surface area contributed by atoms with Gasteiger partial charge in [0.05, 0.1) is 0 Å². The van der Waals surface area contributed by atoms with Crippen molar-refractivity contribution in [3.63, 3.8) is 0 Å². The molecule has 0 spiro atoms. The molecule has 0 radical (unpaired) electrons. The van der Waals surface area contributed by atoms with E-state index >= 15 is 0 Å². The molecule has 0 aliphatic heterocycles. The van der Waals surface area contributed by atoms with Crippen molar-refractivity contribution >= 4 is 15.8 Å². The van der Waals surface area contributed by atoms with Crippen molar-refractivity contribution < 1.29 is 12.8 Å². The average Bonchev–Trinajstić information content (AvgIpc) is 2.49. The predicted octanol–water partition coefficient (Wildman–Crippen LogP) is 1.03. The van der Waals surface area contributed by atoms with E-state index in [4.69, 9.17) is 5.84 Å². The molecule has 1 aromatic heterocycles. The van der Waals surface area contributed by atoms with Crippen LogP contribution in [-0.2, 0) is 16.4 Å². The van der Waals surface area contributed by atoms with Crippen molar-refractivity contribution in [1.29, 1.82) is 0 Å². The predicted molar refractivity (Wildman–Crippen MR) is 77.3 cm³/mol. The van der Waals surface area contributed by atoms with Gasteiger partial charge in [-0.05, 0) is 30.2 Å². The number of anilines is 1. The minimum absolute atomic E-state index is 0.0232. The van der Waals surface area contributed by atoms with E-state index in [9.17, 15) is 12.8 Å². The van der Waals surface area contributed by atoms with E-state index in [1.807, 2.05) is 0 Å². The zero-order chi connectivity index (χ0) is 15.3. The Morgan fingerprint density at radius 3 is 2.57 bits per heavy atom. The van der Waals surface area contributed by atoms with Crippen molar-refractivity contribution in [2.45, 2.75) is 11.3 Å². The van der Waals surface area contributed by atoms with Crippen molar-refractivity contribution in [2.75, 3.05) is 12.0 Å². The van der Waals surface area contributed by atoms with Gasteiger partial charge in [-0.15, -0.1) is 0 Å². The van der Waals surface area contributed by atoms with Crippen LogP contribution in [0.25, 0.3) is 0 Å². The largest absolute Gasteiger partial charge is 0.308 e. The van der Waals surface area contributed by atoms with Gasteiger partial charge in [-0.25, -0.2) is 28.4 Å². The van der Waals surface area contributed by atoms with E-state index in [-0.39, 0.29) is 23.7 Å². The number of nitrogen functional groups attached to an aromatic ring is 1. The van der Waals surface area contributed by atoms with Crippen LogP contribution >= 0.6 is 0 Å². The van der Waals surface area contributed by atoms with Crippen LogP contribution in [0.3, 0.4) is 0 Å². The lowest BCUT2D eigenvalue weighted by Gasteiger charge is -2.07. The van der Waals surface area contributed by atoms with Crippen LogP contribution in [0.2, 0.25) is 0 Å². The molecule has 0 amide bonds. The Morgan fingerprint density at radius 1 is 1.19 bits per heavy atom. The number of rotatable bonds is 6. The number of aromatic nitrogens is 1. The molecule has 0 saturated carbocycles. The summed E-state index contributed by atoms with van der Waals surface area (Å²) in [5, 5.41) is 0. The molecule has 1 aromatic carbocycles. The summed E-state index contributed by atoms with van der Waals surface area (Å²) in [7, 11) is -3.67. The first-order valence-corrected chi connectivity index (χ1v) is 7.67. The van der Waals surface area contributed by atoms with E-state index in [2.05, 4.69) is 15.1 Å². The third-order valence-electron chi connectivity index (χ3n) is 2.84. The molecule has 2 aromatic rings. The van der Waals surface area contributed by atoms with Crippen LogP contribution in [0.4, 0.5) is 10.2 Å². The fourth-order valence-electron chi connectivity index (χ4n) is 1.73. The molecule has 112 valence electrons. The van der Waals surface area contributed by atoms with Gasteiger partial charge >= 0.3 is 0 Å². The number of hydrogen-bond donors (Lipinski definition) is 3. The van der Waals surface area contributed by atoms with Gasteiger partial charge < -0.3 is 5.43 Å². The topological polar surface area (TPSA) is 97.1 Å². The number of nitrogens with one attached hydrogen (secondary N) is 2. The highest BCUT2D eigenvalue weighted by molar-refractivity contribution is 7.89. The molecule has 0 saturated heterocycles. The van der Waals surface area contributed by atoms with Crippen LogP contribution in [-0.4, -0.2) is 19.9 Å². The zero-order valence-corrected chi connectivity index (χ0v) is 11.9. The van der Waals surface area contributed by atoms with Gasteiger partial charge in [-0.3, -0.25) is 0 Å². The highest BCUT2D eigenvalue weighted by atomic mass is 32.2. The smallest absolute Gasteiger partial charge is 0.242 e. The number of hydrogen-bond acceptors (Lipinski definition) is 5. The molecule has 0 atom stereocenters. The minimum atomic E-state index is -3.67. The van der Waals surface area contributed by atoms with Crippen molar-refractivity contribution in [3.05, 3.63) is 54.0 Å². The van der Waals surface area contributed by atoms with Crippen molar-refractivity contribution in [3.8, 4) is 0 Å². The van der Waals surface area contributed by atoms with Gasteiger partial charge in [-0.1, -0.05) is 18.2 Å². The molecule has 0 fully saturated rings. The second kappa shape index (κ2) is 6.61. The molecule has 2 rings (SSSR count). The SMILES string of the molecule is NNc1ccc(S(=O)(=O)NCCc2ccccc2F)cn1. The first-order chi connectivity index (χ1) is 10.0. The quantitative estimate of drug-likeness (QED) is 0.547. The first-order valence-electron chi connectivity index (χ1n) is 6.18. The van der Waals surface area contributed by atoms with Crippen LogP contribution in [0.1, 0.15) is 5.56 Å². The Balaban J connectivity index is 1.99. The summed E-state index contributed by atoms with van der Waals surface area (Å²) in [6.45, 7) is 0.0974. The van der Waals surface area contributed by atoms with Crippen molar-refractivity contribution in [1.82, 2.24) is 9.71 Å². The number of hydrazine groups is 1. The minimum Gasteiger partial charge on any atom is -0.308 e. The molecular formula is C13H15FN4O2S. The Hall–Kier alpha value is -2.03. The van der Waals surface area contributed by atoms with E-state index < -0.39 is 10.0 Å². The van der Waals surface area contributed by atoms with Gasteiger partial charge in [0.2, 0.25) is 10.0 Å². The summed E-state index contributed by atoms with van der Waals surface area (Å²) in [6, 6.07) is 9.08. The number of nitrogens with two attached hydrogens (primary N) is 1.